The van der Waals surface area contributed by atoms with Crippen LogP contribution in [0, 0.1) is 0 Å². The van der Waals surface area contributed by atoms with Crippen LogP contribution in [0.4, 0.5) is 0 Å². The highest BCUT2D eigenvalue weighted by molar-refractivity contribution is 6.32. The van der Waals surface area contributed by atoms with Crippen LogP contribution in [0.3, 0.4) is 0 Å². The molecule has 0 N–H and O–H groups in total. The molecule has 0 aliphatic heterocycles. The maximum atomic E-state index is 6.35. The first-order chi connectivity index (χ1) is 16.1. The van der Waals surface area contributed by atoms with Gasteiger partial charge in [0.15, 0.2) is 0 Å². The Kier molecular flexibility index (Phi) is 4.90. The average molecular weight is 471 g/mol. The molecule has 2 nitrogen and oxygen atoms in total. The van der Waals surface area contributed by atoms with Gasteiger partial charge in [0, 0.05) is 66.7 Å². The highest BCUT2D eigenvalue weighted by Gasteiger charge is 2.13. The Labute approximate surface area is 202 Å². The third kappa shape index (κ3) is 3.24. The molecule has 33 heavy (non-hydrogen) atoms. The Morgan fingerprint density at radius 2 is 0.879 bits per heavy atom. The molecule has 6 aromatic rings. The zero-order valence-electron chi connectivity index (χ0n) is 18.7. The smallest absolute Gasteiger partial charge is 0.0492 e. The Morgan fingerprint density at radius 1 is 0.515 bits per heavy atom. The summed E-state index contributed by atoms with van der Waals surface area (Å²) in [7, 11) is 0. The maximum Gasteiger partial charge on any atom is 0.0492 e. The summed E-state index contributed by atoms with van der Waals surface area (Å²) in [6, 6.07) is 26.1. The molecule has 0 fully saturated rings. The van der Waals surface area contributed by atoms with Crippen molar-refractivity contribution < 1.29 is 0 Å². The third-order valence-corrected chi connectivity index (χ3v) is 7.29. The zero-order chi connectivity index (χ0) is 22.7. The van der Waals surface area contributed by atoms with Crippen molar-refractivity contribution >= 4 is 66.8 Å². The van der Waals surface area contributed by atoms with Crippen LogP contribution in [-0.4, -0.2) is 9.13 Å². The summed E-state index contributed by atoms with van der Waals surface area (Å²) in [5.74, 6) is 0. The first kappa shape index (κ1) is 20.7. The van der Waals surface area contributed by atoms with Crippen LogP contribution >= 0.6 is 23.2 Å². The average Bonchev–Trinajstić information content (AvgIpc) is 3.29. The Morgan fingerprint density at radius 3 is 1.27 bits per heavy atom. The fraction of sp³-hybridized carbons (Fsp3) is 0.172. The number of fused-ring (bicyclic) bond motifs is 6. The van der Waals surface area contributed by atoms with Gasteiger partial charge in [-0.3, -0.25) is 0 Å². The summed E-state index contributed by atoms with van der Waals surface area (Å²) in [5.41, 5.74) is 7.59. The van der Waals surface area contributed by atoms with E-state index in [1.54, 1.807) is 0 Å². The fourth-order valence-corrected chi connectivity index (χ4v) is 5.73. The summed E-state index contributed by atoms with van der Waals surface area (Å²) < 4.78 is 4.72. The number of halogens is 2. The molecule has 0 radical (unpaired) electrons. The van der Waals surface area contributed by atoms with Crippen LogP contribution in [0.25, 0.3) is 43.6 Å². The minimum Gasteiger partial charge on any atom is -0.341 e. The van der Waals surface area contributed by atoms with Gasteiger partial charge in [0.05, 0.1) is 0 Å². The van der Waals surface area contributed by atoms with Gasteiger partial charge in [-0.1, -0.05) is 35.3 Å². The van der Waals surface area contributed by atoms with Gasteiger partial charge in [-0.05, 0) is 92.1 Å². The van der Waals surface area contributed by atoms with E-state index < -0.39 is 0 Å². The lowest BCUT2D eigenvalue weighted by Crippen LogP contribution is -1.94. The summed E-state index contributed by atoms with van der Waals surface area (Å²) >= 11 is 12.7. The summed E-state index contributed by atoms with van der Waals surface area (Å²) in [6.45, 7) is 6.24. The molecule has 0 aliphatic carbocycles. The monoisotopic (exact) mass is 470 g/mol. The Hall–Kier alpha value is -2.94. The minimum atomic E-state index is 0.777. The van der Waals surface area contributed by atoms with Crippen molar-refractivity contribution in [3.05, 3.63) is 94.0 Å². The Bertz CT molecular complexity index is 1560. The molecule has 0 unspecified atom stereocenters. The van der Waals surface area contributed by atoms with Crippen molar-refractivity contribution in [3.63, 3.8) is 0 Å². The SMILES string of the molecule is CCn1c2ccc(Cl)cc2c2cc(Cc3ccc4c(c3)c3cc(Cl)ccc3n4CC)ccc21. The molecule has 0 aliphatic rings. The van der Waals surface area contributed by atoms with Gasteiger partial charge in [-0.15, -0.1) is 0 Å². The van der Waals surface area contributed by atoms with Gasteiger partial charge in [-0.25, -0.2) is 0 Å². The molecule has 6 rings (SSSR count). The minimum absolute atomic E-state index is 0.777. The lowest BCUT2D eigenvalue weighted by atomic mass is 10.0. The van der Waals surface area contributed by atoms with Gasteiger partial charge in [0.25, 0.3) is 0 Å². The van der Waals surface area contributed by atoms with E-state index in [2.05, 4.69) is 83.6 Å². The molecule has 0 saturated heterocycles. The predicted octanol–water partition coefficient (Wildman–Crippen LogP) is 8.84. The summed E-state index contributed by atoms with van der Waals surface area (Å²) in [5, 5.41) is 6.53. The summed E-state index contributed by atoms with van der Waals surface area (Å²) in [4.78, 5) is 0. The van der Waals surface area contributed by atoms with E-state index in [0.29, 0.717) is 0 Å². The van der Waals surface area contributed by atoms with Gasteiger partial charge in [-0.2, -0.15) is 0 Å². The number of aryl methyl sites for hydroxylation is 2. The van der Waals surface area contributed by atoms with E-state index in [1.807, 2.05) is 12.1 Å². The van der Waals surface area contributed by atoms with Crippen molar-refractivity contribution in [2.75, 3.05) is 0 Å². The highest BCUT2D eigenvalue weighted by Crippen LogP contribution is 2.34. The van der Waals surface area contributed by atoms with E-state index in [9.17, 15) is 0 Å². The molecular weight excluding hydrogens is 447 g/mol. The van der Waals surface area contributed by atoms with Crippen molar-refractivity contribution in [1.82, 2.24) is 9.13 Å². The van der Waals surface area contributed by atoms with Crippen LogP contribution < -0.4 is 0 Å². The first-order valence-corrected chi connectivity index (χ1v) is 12.2. The van der Waals surface area contributed by atoms with Gasteiger partial charge in [0.1, 0.15) is 0 Å². The molecule has 2 aromatic heterocycles. The molecular formula is C29H24Cl2N2. The molecule has 0 amide bonds. The van der Waals surface area contributed by atoms with Crippen LogP contribution in [-0.2, 0) is 19.5 Å². The van der Waals surface area contributed by atoms with E-state index in [4.69, 9.17) is 23.2 Å². The predicted molar refractivity (Wildman–Crippen MR) is 143 cm³/mol. The molecule has 4 aromatic carbocycles. The lowest BCUT2D eigenvalue weighted by Gasteiger charge is -2.06. The normalized spacial score (nSPS) is 12.0. The van der Waals surface area contributed by atoms with E-state index in [-0.39, 0.29) is 0 Å². The fourth-order valence-electron chi connectivity index (χ4n) is 5.38. The number of aromatic nitrogens is 2. The molecule has 0 spiro atoms. The van der Waals surface area contributed by atoms with Crippen LogP contribution in [0.5, 0.6) is 0 Å². The largest absolute Gasteiger partial charge is 0.341 e. The molecule has 0 saturated carbocycles. The number of rotatable bonds is 4. The second-order valence-corrected chi connectivity index (χ2v) is 9.56. The number of benzene rings is 4. The van der Waals surface area contributed by atoms with Gasteiger partial charge < -0.3 is 9.13 Å². The maximum absolute atomic E-state index is 6.35. The van der Waals surface area contributed by atoms with E-state index in [1.165, 1.54) is 54.7 Å². The number of hydrogen-bond donors (Lipinski definition) is 0. The second kappa shape index (κ2) is 7.83. The first-order valence-electron chi connectivity index (χ1n) is 11.5. The molecule has 0 bridgehead atoms. The molecule has 0 atom stereocenters. The van der Waals surface area contributed by atoms with Gasteiger partial charge in [0.2, 0.25) is 0 Å². The summed E-state index contributed by atoms with van der Waals surface area (Å²) in [6.07, 6.45) is 0.880. The molecule has 2 heterocycles. The van der Waals surface area contributed by atoms with Crippen LogP contribution in [0.15, 0.2) is 72.8 Å². The number of nitrogens with zero attached hydrogens (tertiary/aromatic N) is 2. The lowest BCUT2D eigenvalue weighted by molar-refractivity contribution is 0.827. The van der Waals surface area contributed by atoms with Gasteiger partial charge >= 0.3 is 0 Å². The van der Waals surface area contributed by atoms with Crippen LogP contribution in [0.2, 0.25) is 10.0 Å². The molecule has 4 heteroatoms. The van der Waals surface area contributed by atoms with E-state index >= 15 is 0 Å². The topological polar surface area (TPSA) is 9.86 Å². The van der Waals surface area contributed by atoms with Crippen molar-refractivity contribution in [2.24, 2.45) is 0 Å². The van der Waals surface area contributed by atoms with Crippen molar-refractivity contribution in [3.8, 4) is 0 Å². The Balaban J connectivity index is 1.48. The highest BCUT2D eigenvalue weighted by atomic mass is 35.5. The standard InChI is InChI=1S/C29H24Cl2N2/c1-3-32-26-9-5-18(14-22(26)24-16-20(30)7-11-28(24)32)13-19-6-10-27-23(15-19)25-17-21(31)8-12-29(25)33(27)4-2/h5-12,14-17H,3-4,13H2,1-2H3. The van der Waals surface area contributed by atoms with Crippen molar-refractivity contribution in [1.29, 1.82) is 0 Å². The zero-order valence-corrected chi connectivity index (χ0v) is 20.2. The number of hydrogen-bond acceptors (Lipinski definition) is 0. The quantitative estimate of drug-likeness (QED) is 0.243. The second-order valence-electron chi connectivity index (χ2n) is 8.69. The third-order valence-electron chi connectivity index (χ3n) is 6.82. The van der Waals surface area contributed by atoms with E-state index in [0.717, 1.165) is 29.6 Å². The van der Waals surface area contributed by atoms with Crippen molar-refractivity contribution in [2.45, 2.75) is 33.4 Å². The molecule has 164 valence electrons. The van der Waals surface area contributed by atoms with Crippen LogP contribution in [0.1, 0.15) is 25.0 Å².